The fourth-order valence-corrected chi connectivity index (χ4v) is 2.35. The van der Waals surface area contributed by atoms with Crippen molar-refractivity contribution in [2.45, 2.75) is 20.4 Å². The lowest BCUT2D eigenvalue weighted by Gasteiger charge is -2.08. The maximum absolute atomic E-state index is 12.1. The molecule has 126 valence electrons. The van der Waals surface area contributed by atoms with Crippen molar-refractivity contribution in [1.29, 1.82) is 0 Å². The number of aromatic nitrogens is 2. The monoisotopic (exact) mass is 332 g/mol. The third-order valence-corrected chi connectivity index (χ3v) is 3.96. The lowest BCUT2D eigenvalue weighted by molar-refractivity contribution is 0.0945. The third-order valence-electron chi connectivity index (χ3n) is 3.96. The van der Waals surface area contributed by atoms with Crippen LogP contribution in [0.3, 0.4) is 0 Å². The summed E-state index contributed by atoms with van der Waals surface area (Å²) in [6.07, 6.45) is 3.04. The van der Waals surface area contributed by atoms with Gasteiger partial charge < -0.3 is 10.6 Å². The number of carbonyl (C=O) groups excluding carboxylic acids is 1. The summed E-state index contributed by atoms with van der Waals surface area (Å²) in [4.78, 5) is 20.6. The standard InChI is InChI=1S/C20H20N4O/c1-14-8-9-17(10-15(14)2)24-19-13-21-18(12-22-19)20(25)23-11-16-6-4-3-5-7-16/h3-10,12-13H,11H2,1-2H3,(H,22,24)(H,23,25). The first kappa shape index (κ1) is 16.6. The van der Waals surface area contributed by atoms with Gasteiger partial charge in [-0.2, -0.15) is 0 Å². The van der Waals surface area contributed by atoms with Gasteiger partial charge in [0.05, 0.1) is 12.4 Å². The Morgan fingerprint density at radius 1 is 0.960 bits per heavy atom. The zero-order chi connectivity index (χ0) is 17.6. The predicted octanol–water partition coefficient (Wildman–Crippen LogP) is 3.77. The quantitative estimate of drug-likeness (QED) is 0.746. The maximum atomic E-state index is 12.1. The number of rotatable bonds is 5. The molecule has 0 bridgehead atoms. The van der Waals surface area contributed by atoms with Gasteiger partial charge in [-0.05, 0) is 42.7 Å². The number of hydrogen-bond donors (Lipinski definition) is 2. The van der Waals surface area contributed by atoms with Crippen molar-refractivity contribution in [1.82, 2.24) is 15.3 Å². The van der Waals surface area contributed by atoms with Crippen molar-refractivity contribution in [3.05, 3.63) is 83.3 Å². The molecule has 3 aromatic rings. The molecule has 0 unspecified atom stereocenters. The van der Waals surface area contributed by atoms with Crippen LogP contribution in [0.5, 0.6) is 0 Å². The number of aryl methyl sites for hydroxylation is 2. The normalized spacial score (nSPS) is 10.3. The lowest BCUT2D eigenvalue weighted by atomic mass is 10.1. The van der Waals surface area contributed by atoms with E-state index in [0.29, 0.717) is 18.1 Å². The highest BCUT2D eigenvalue weighted by Crippen LogP contribution is 2.17. The summed E-state index contributed by atoms with van der Waals surface area (Å²) in [5.74, 6) is 0.358. The van der Waals surface area contributed by atoms with Crippen molar-refractivity contribution >= 4 is 17.4 Å². The van der Waals surface area contributed by atoms with Gasteiger partial charge in [0.15, 0.2) is 0 Å². The number of carbonyl (C=O) groups is 1. The highest BCUT2D eigenvalue weighted by atomic mass is 16.1. The van der Waals surface area contributed by atoms with Crippen LogP contribution in [0.1, 0.15) is 27.2 Å². The Kier molecular flexibility index (Phi) is 5.04. The molecule has 0 saturated carbocycles. The average Bonchev–Trinajstić information content (AvgIpc) is 2.64. The molecule has 25 heavy (non-hydrogen) atoms. The average molecular weight is 332 g/mol. The van der Waals surface area contributed by atoms with Crippen molar-refractivity contribution < 1.29 is 4.79 Å². The Morgan fingerprint density at radius 3 is 2.44 bits per heavy atom. The SMILES string of the molecule is Cc1ccc(Nc2cnc(C(=O)NCc3ccccc3)cn2)cc1C. The molecular weight excluding hydrogens is 312 g/mol. The Morgan fingerprint density at radius 2 is 1.76 bits per heavy atom. The summed E-state index contributed by atoms with van der Waals surface area (Å²) in [6.45, 7) is 4.60. The summed E-state index contributed by atoms with van der Waals surface area (Å²) in [5.41, 5.74) is 4.72. The van der Waals surface area contributed by atoms with E-state index in [0.717, 1.165) is 11.3 Å². The van der Waals surface area contributed by atoms with Crippen LogP contribution in [0.25, 0.3) is 0 Å². The molecule has 1 amide bonds. The van der Waals surface area contributed by atoms with Crippen LogP contribution in [0.15, 0.2) is 60.9 Å². The molecule has 0 radical (unpaired) electrons. The van der Waals surface area contributed by atoms with E-state index in [1.165, 1.54) is 17.3 Å². The van der Waals surface area contributed by atoms with Gasteiger partial charge in [0.25, 0.3) is 5.91 Å². The van der Waals surface area contributed by atoms with Crippen LogP contribution >= 0.6 is 0 Å². The second-order valence-corrected chi connectivity index (χ2v) is 5.88. The molecule has 0 saturated heterocycles. The van der Waals surface area contributed by atoms with Gasteiger partial charge in [-0.1, -0.05) is 36.4 Å². The second-order valence-electron chi connectivity index (χ2n) is 5.88. The van der Waals surface area contributed by atoms with Crippen LogP contribution in [0.2, 0.25) is 0 Å². The minimum absolute atomic E-state index is 0.242. The first-order chi connectivity index (χ1) is 12.1. The van der Waals surface area contributed by atoms with Gasteiger partial charge in [0.1, 0.15) is 11.5 Å². The summed E-state index contributed by atoms with van der Waals surface area (Å²) in [5, 5.41) is 6.03. The predicted molar refractivity (Wildman–Crippen MR) is 98.8 cm³/mol. The second kappa shape index (κ2) is 7.57. The number of anilines is 2. The minimum atomic E-state index is -0.242. The highest BCUT2D eigenvalue weighted by molar-refractivity contribution is 5.92. The number of benzene rings is 2. The zero-order valence-electron chi connectivity index (χ0n) is 14.3. The topological polar surface area (TPSA) is 66.9 Å². The van der Waals surface area contributed by atoms with Gasteiger partial charge in [-0.3, -0.25) is 4.79 Å². The fourth-order valence-electron chi connectivity index (χ4n) is 2.35. The van der Waals surface area contributed by atoms with E-state index in [2.05, 4.69) is 46.6 Å². The maximum Gasteiger partial charge on any atom is 0.271 e. The van der Waals surface area contributed by atoms with E-state index in [1.54, 1.807) is 6.20 Å². The fraction of sp³-hybridized carbons (Fsp3) is 0.150. The molecule has 0 aliphatic rings. The smallest absolute Gasteiger partial charge is 0.271 e. The summed E-state index contributed by atoms with van der Waals surface area (Å²) < 4.78 is 0. The van der Waals surface area contributed by atoms with E-state index >= 15 is 0 Å². The first-order valence-corrected chi connectivity index (χ1v) is 8.10. The molecule has 2 aromatic carbocycles. The molecule has 0 atom stereocenters. The van der Waals surface area contributed by atoms with Crippen LogP contribution < -0.4 is 10.6 Å². The lowest BCUT2D eigenvalue weighted by Crippen LogP contribution is -2.24. The molecule has 1 heterocycles. The number of nitrogens with one attached hydrogen (secondary N) is 2. The van der Waals surface area contributed by atoms with Gasteiger partial charge >= 0.3 is 0 Å². The Balaban J connectivity index is 1.61. The van der Waals surface area contributed by atoms with Gasteiger partial charge in [0, 0.05) is 12.2 Å². The van der Waals surface area contributed by atoms with Gasteiger partial charge in [0.2, 0.25) is 0 Å². The molecule has 1 aromatic heterocycles. The minimum Gasteiger partial charge on any atom is -0.347 e. The van der Waals surface area contributed by atoms with E-state index in [1.807, 2.05) is 36.4 Å². The molecule has 3 rings (SSSR count). The van der Waals surface area contributed by atoms with Gasteiger partial charge in [-0.25, -0.2) is 9.97 Å². The summed E-state index contributed by atoms with van der Waals surface area (Å²) >= 11 is 0. The molecule has 0 fully saturated rings. The van der Waals surface area contributed by atoms with E-state index < -0.39 is 0 Å². The Labute approximate surface area is 147 Å². The van der Waals surface area contributed by atoms with E-state index in [4.69, 9.17) is 0 Å². The molecule has 0 aliphatic heterocycles. The van der Waals surface area contributed by atoms with E-state index in [-0.39, 0.29) is 5.91 Å². The van der Waals surface area contributed by atoms with Crippen LogP contribution in [0.4, 0.5) is 11.5 Å². The van der Waals surface area contributed by atoms with Crippen molar-refractivity contribution in [3.8, 4) is 0 Å². The first-order valence-electron chi connectivity index (χ1n) is 8.10. The zero-order valence-corrected chi connectivity index (χ0v) is 14.3. The summed E-state index contributed by atoms with van der Waals surface area (Å²) in [7, 11) is 0. The molecule has 5 nitrogen and oxygen atoms in total. The molecule has 2 N–H and O–H groups in total. The Hall–Kier alpha value is -3.21. The largest absolute Gasteiger partial charge is 0.347 e. The molecule has 0 aliphatic carbocycles. The van der Waals surface area contributed by atoms with Crippen molar-refractivity contribution in [2.75, 3.05) is 5.32 Å². The number of amides is 1. The van der Waals surface area contributed by atoms with Crippen LogP contribution in [-0.4, -0.2) is 15.9 Å². The highest BCUT2D eigenvalue weighted by Gasteiger charge is 2.08. The van der Waals surface area contributed by atoms with Crippen molar-refractivity contribution in [2.24, 2.45) is 0 Å². The van der Waals surface area contributed by atoms with Gasteiger partial charge in [-0.15, -0.1) is 0 Å². The molecular formula is C20H20N4O. The Bertz CT molecular complexity index is 861. The van der Waals surface area contributed by atoms with E-state index in [9.17, 15) is 4.79 Å². The number of nitrogens with zero attached hydrogens (tertiary/aromatic N) is 2. The third kappa shape index (κ3) is 4.41. The summed E-state index contributed by atoms with van der Waals surface area (Å²) in [6, 6.07) is 15.8. The number of hydrogen-bond acceptors (Lipinski definition) is 4. The van der Waals surface area contributed by atoms with Crippen molar-refractivity contribution in [3.63, 3.8) is 0 Å². The molecule has 0 spiro atoms. The van der Waals surface area contributed by atoms with Crippen LogP contribution in [-0.2, 0) is 6.54 Å². The molecule has 5 heteroatoms. The van der Waals surface area contributed by atoms with Crippen LogP contribution in [0, 0.1) is 13.8 Å².